The van der Waals surface area contributed by atoms with Crippen LogP contribution in [-0.4, -0.2) is 74.5 Å². The Morgan fingerprint density at radius 3 is 1.82 bits per heavy atom. The largest absolute Gasteiger partial charge is 0.490 e. The number of benzene rings is 1. The van der Waals surface area contributed by atoms with Gasteiger partial charge in [-0.2, -0.15) is 26.3 Å². The van der Waals surface area contributed by atoms with E-state index in [0.717, 1.165) is 26.2 Å². The van der Waals surface area contributed by atoms with Crippen LogP contribution in [-0.2, 0) is 22.7 Å². The lowest BCUT2D eigenvalue weighted by atomic mass is 9.84. The van der Waals surface area contributed by atoms with Gasteiger partial charge in [0.15, 0.2) is 0 Å². The number of aromatic nitrogens is 1. The van der Waals surface area contributed by atoms with Crippen LogP contribution in [0.4, 0.5) is 30.7 Å². The van der Waals surface area contributed by atoms with E-state index in [-0.39, 0.29) is 5.82 Å². The maximum Gasteiger partial charge on any atom is 0.490 e. The summed E-state index contributed by atoms with van der Waals surface area (Å²) in [4.78, 5) is 27.3. The molecule has 2 saturated heterocycles. The standard InChI is InChI=1S/C21H26FN3.2C2HF3O2/c22-20-6-4-18(5-7-20)16-24-13-9-21(10-14-24)8-2-12-25(21)17-19-3-1-11-23-15-19;2*3-2(4,5)1(6)7/h1,3-7,11,15H,2,8-10,12-14,16-17H2;2*(H,6,7). The second kappa shape index (κ2) is 13.7. The van der Waals surface area contributed by atoms with Crippen LogP contribution in [0.1, 0.15) is 36.8 Å². The minimum Gasteiger partial charge on any atom is -0.475 e. The molecule has 39 heavy (non-hydrogen) atoms. The number of carboxylic acid groups (broad SMARTS) is 2. The Labute approximate surface area is 219 Å². The lowest BCUT2D eigenvalue weighted by molar-refractivity contribution is -0.193. The zero-order valence-electron chi connectivity index (χ0n) is 20.7. The molecule has 2 aliphatic heterocycles. The summed E-state index contributed by atoms with van der Waals surface area (Å²) in [6.07, 6.45) is -1.24. The van der Waals surface area contributed by atoms with E-state index < -0.39 is 24.3 Å². The molecule has 0 unspecified atom stereocenters. The van der Waals surface area contributed by atoms with Crippen LogP contribution in [0.25, 0.3) is 0 Å². The summed E-state index contributed by atoms with van der Waals surface area (Å²) < 4.78 is 76.5. The van der Waals surface area contributed by atoms with Gasteiger partial charge in [0, 0.05) is 44.1 Å². The topological polar surface area (TPSA) is 94.0 Å². The van der Waals surface area contributed by atoms with E-state index in [1.165, 1.54) is 43.4 Å². The quantitative estimate of drug-likeness (QED) is 0.496. The molecule has 0 atom stereocenters. The SMILES string of the molecule is Fc1ccc(CN2CCC3(CCCN3Cc3cccnc3)CC2)cc1.O=C(O)C(F)(F)F.O=C(O)C(F)(F)F. The highest BCUT2D eigenvalue weighted by Gasteiger charge is 2.43. The molecule has 3 heterocycles. The monoisotopic (exact) mass is 567 g/mol. The van der Waals surface area contributed by atoms with Gasteiger partial charge in [-0.3, -0.25) is 14.8 Å². The van der Waals surface area contributed by atoms with Gasteiger partial charge in [0.05, 0.1) is 0 Å². The molecule has 216 valence electrons. The molecule has 14 heteroatoms. The number of halogens is 7. The van der Waals surface area contributed by atoms with Gasteiger partial charge < -0.3 is 10.2 Å². The number of carbonyl (C=O) groups is 2. The van der Waals surface area contributed by atoms with Crippen molar-refractivity contribution in [2.24, 2.45) is 0 Å². The van der Waals surface area contributed by atoms with Crippen LogP contribution in [0.3, 0.4) is 0 Å². The summed E-state index contributed by atoms with van der Waals surface area (Å²) in [5.41, 5.74) is 2.89. The zero-order chi connectivity index (χ0) is 29.3. The van der Waals surface area contributed by atoms with Gasteiger partial charge in [-0.15, -0.1) is 0 Å². The Hall–Kier alpha value is -3.26. The average Bonchev–Trinajstić information content (AvgIpc) is 3.23. The van der Waals surface area contributed by atoms with Crippen LogP contribution >= 0.6 is 0 Å². The van der Waals surface area contributed by atoms with E-state index in [1.807, 2.05) is 30.6 Å². The number of piperidine rings is 1. The zero-order valence-corrected chi connectivity index (χ0v) is 20.7. The van der Waals surface area contributed by atoms with Crippen molar-refractivity contribution < 1.29 is 50.5 Å². The molecule has 4 rings (SSSR count). The summed E-state index contributed by atoms with van der Waals surface area (Å²) in [5.74, 6) is -5.67. The Balaban J connectivity index is 0.000000317. The summed E-state index contributed by atoms with van der Waals surface area (Å²) in [7, 11) is 0. The van der Waals surface area contributed by atoms with Gasteiger partial charge in [-0.05, 0) is 61.6 Å². The highest BCUT2D eigenvalue weighted by atomic mass is 19.4. The number of pyridine rings is 1. The third-order valence-corrected chi connectivity index (χ3v) is 6.43. The molecule has 1 aromatic heterocycles. The van der Waals surface area contributed by atoms with Crippen molar-refractivity contribution in [1.82, 2.24) is 14.8 Å². The molecule has 0 radical (unpaired) electrons. The summed E-state index contributed by atoms with van der Waals surface area (Å²) in [6.45, 7) is 5.40. The Kier molecular flexibility index (Phi) is 11.2. The maximum atomic E-state index is 13.1. The van der Waals surface area contributed by atoms with Crippen molar-refractivity contribution in [3.63, 3.8) is 0 Å². The highest BCUT2D eigenvalue weighted by Crippen LogP contribution is 2.39. The van der Waals surface area contributed by atoms with E-state index in [2.05, 4.69) is 20.9 Å². The summed E-state index contributed by atoms with van der Waals surface area (Å²) >= 11 is 0. The van der Waals surface area contributed by atoms with Gasteiger partial charge in [0.1, 0.15) is 5.82 Å². The molecule has 2 N–H and O–H groups in total. The number of nitrogens with zero attached hydrogens (tertiary/aromatic N) is 3. The molecule has 2 aliphatic rings. The molecule has 1 spiro atoms. The van der Waals surface area contributed by atoms with Gasteiger partial charge >= 0.3 is 24.3 Å². The number of aliphatic carboxylic acids is 2. The molecule has 7 nitrogen and oxygen atoms in total. The average molecular weight is 568 g/mol. The Bertz CT molecular complexity index is 1030. The number of rotatable bonds is 4. The van der Waals surface area contributed by atoms with Crippen LogP contribution in [0.5, 0.6) is 0 Å². The van der Waals surface area contributed by atoms with Gasteiger partial charge in [-0.1, -0.05) is 18.2 Å². The Morgan fingerprint density at radius 2 is 1.36 bits per heavy atom. The smallest absolute Gasteiger partial charge is 0.475 e. The molecule has 0 saturated carbocycles. The number of carboxylic acids is 2. The molecular weight excluding hydrogens is 539 g/mol. The van der Waals surface area contributed by atoms with Gasteiger partial charge in [-0.25, -0.2) is 14.0 Å². The summed E-state index contributed by atoms with van der Waals surface area (Å²) in [5, 5.41) is 14.2. The van der Waals surface area contributed by atoms with Gasteiger partial charge in [0.25, 0.3) is 0 Å². The normalized spacial score (nSPS) is 17.5. The first kappa shape index (κ1) is 32.0. The first-order valence-corrected chi connectivity index (χ1v) is 11.8. The second-order valence-electron chi connectivity index (χ2n) is 9.12. The van der Waals surface area contributed by atoms with Crippen molar-refractivity contribution in [2.45, 2.75) is 56.7 Å². The van der Waals surface area contributed by atoms with Crippen molar-refractivity contribution in [3.8, 4) is 0 Å². The van der Waals surface area contributed by atoms with Crippen LogP contribution < -0.4 is 0 Å². The van der Waals surface area contributed by atoms with E-state index in [0.29, 0.717) is 5.54 Å². The highest BCUT2D eigenvalue weighted by molar-refractivity contribution is 5.73. The van der Waals surface area contributed by atoms with Crippen LogP contribution in [0, 0.1) is 5.82 Å². The summed E-state index contributed by atoms with van der Waals surface area (Å²) in [6, 6.07) is 11.2. The minimum atomic E-state index is -5.08. The third-order valence-electron chi connectivity index (χ3n) is 6.43. The van der Waals surface area contributed by atoms with Crippen molar-refractivity contribution in [1.29, 1.82) is 0 Å². The van der Waals surface area contributed by atoms with E-state index in [1.54, 1.807) is 12.1 Å². The van der Waals surface area contributed by atoms with E-state index in [4.69, 9.17) is 19.8 Å². The lowest BCUT2D eigenvalue weighted by Crippen LogP contribution is -2.51. The number of alkyl halides is 6. The van der Waals surface area contributed by atoms with E-state index >= 15 is 0 Å². The first-order chi connectivity index (χ1) is 18.1. The fourth-order valence-electron chi connectivity index (χ4n) is 4.49. The fraction of sp³-hybridized carbons (Fsp3) is 0.480. The van der Waals surface area contributed by atoms with Crippen molar-refractivity contribution in [3.05, 3.63) is 65.7 Å². The molecule has 2 fully saturated rings. The van der Waals surface area contributed by atoms with E-state index in [9.17, 15) is 30.7 Å². The molecular formula is C25H28F7N3O4. The third kappa shape index (κ3) is 10.4. The van der Waals surface area contributed by atoms with Crippen molar-refractivity contribution >= 4 is 11.9 Å². The fourth-order valence-corrected chi connectivity index (χ4v) is 4.49. The van der Waals surface area contributed by atoms with Crippen molar-refractivity contribution in [2.75, 3.05) is 19.6 Å². The molecule has 0 aliphatic carbocycles. The number of likely N-dealkylation sites (tertiary alicyclic amines) is 2. The van der Waals surface area contributed by atoms with Crippen LogP contribution in [0.15, 0.2) is 48.8 Å². The second-order valence-corrected chi connectivity index (χ2v) is 9.12. The predicted octanol–water partition coefficient (Wildman–Crippen LogP) is 5.12. The molecule has 0 bridgehead atoms. The maximum absolute atomic E-state index is 13.1. The first-order valence-electron chi connectivity index (χ1n) is 11.8. The Morgan fingerprint density at radius 1 is 0.821 bits per heavy atom. The number of hydrogen-bond acceptors (Lipinski definition) is 5. The number of hydrogen-bond donors (Lipinski definition) is 2. The lowest BCUT2D eigenvalue weighted by Gasteiger charge is -2.45. The predicted molar refractivity (Wildman–Crippen MR) is 125 cm³/mol. The molecule has 2 aromatic rings. The minimum absolute atomic E-state index is 0.154. The molecule has 0 amide bonds. The molecule has 1 aromatic carbocycles. The van der Waals surface area contributed by atoms with Crippen LogP contribution in [0.2, 0.25) is 0 Å². The van der Waals surface area contributed by atoms with Gasteiger partial charge in [0.2, 0.25) is 0 Å².